The van der Waals surface area contributed by atoms with E-state index in [1.165, 1.54) is 6.92 Å². The molecule has 0 spiro atoms. The highest BCUT2D eigenvalue weighted by Crippen LogP contribution is 2.18. The zero-order valence-corrected chi connectivity index (χ0v) is 11.1. The fourth-order valence-corrected chi connectivity index (χ4v) is 1.56. The second-order valence-corrected chi connectivity index (χ2v) is 4.90. The van der Waals surface area contributed by atoms with Crippen LogP contribution in [0.3, 0.4) is 0 Å². The van der Waals surface area contributed by atoms with Crippen LogP contribution in [0.4, 0.5) is 4.39 Å². The monoisotopic (exact) mass is 273 g/mol. The van der Waals surface area contributed by atoms with Gasteiger partial charge in [0.05, 0.1) is 6.04 Å². The second-order valence-electron chi connectivity index (χ2n) is 4.24. The Morgan fingerprint density at radius 3 is 2.44 bits per heavy atom. The smallest absolute Gasteiger partial charge is 0.238 e. The Kier molecular flexibility index (Phi) is 5.56. The third-order valence-electron chi connectivity index (χ3n) is 2.66. The van der Waals surface area contributed by atoms with E-state index in [0.29, 0.717) is 5.56 Å². The topological polar surface area (TPSA) is 49.3 Å². The highest BCUT2D eigenvalue weighted by molar-refractivity contribution is 6.30. The summed E-state index contributed by atoms with van der Waals surface area (Å²) in [6.07, 6.45) is -1.09. The first-order chi connectivity index (χ1) is 8.45. The summed E-state index contributed by atoms with van der Waals surface area (Å²) in [7, 11) is 0. The third-order valence-corrected chi connectivity index (χ3v) is 2.85. The Labute approximate surface area is 111 Å². The van der Waals surface area contributed by atoms with Gasteiger partial charge in [0.2, 0.25) is 5.91 Å². The van der Waals surface area contributed by atoms with Gasteiger partial charge in [0, 0.05) is 0 Å². The van der Waals surface area contributed by atoms with Crippen LogP contribution in [-0.4, -0.2) is 29.1 Å². The number of carbonyl (C=O) groups excluding carboxylic acids is 1. The number of alkyl halides is 2. The molecule has 1 unspecified atom stereocenters. The van der Waals surface area contributed by atoms with Gasteiger partial charge in [-0.15, -0.1) is 11.6 Å². The average molecular weight is 274 g/mol. The molecular formula is C13H17ClFNO2. The van der Waals surface area contributed by atoms with Gasteiger partial charge in [0.25, 0.3) is 0 Å². The zero-order valence-electron chi connectivity index (χ0n) is 10.4. The van der Waals surface area contributed by atoms with Gasteiger partial charge in [-0.1, -0.05) is 29.8 Å². The molecule has 0 heterocycles. The van der Waals surface area contributed by atoms with Crippen LogP contribution in [-0.2, 0) is 4.79 Å². The van der Waals surface area contributed by atoms with Crippen molar-refractivity contribution in [2.75, 3.05) is 6.67 Å². The summed E-state index contributed by atoms with van der Waals surface area (Å²) in [6.45, 7) is 2.55. The summed E-state index contributed by atoms with van der Waals surface area (Å²) in [6, 6.07) is 6.07. The lowest BCUT2D eigenvalue weighted by Crippen LogP contribution is -2.43. The van der Waals surface area contributed by atoms with Crippen molar-refractivity contribution in [3.05, 3.63) is 35.4 Å². The Hall–Kier alpha value is -1.13. The number of aliphatic hydroxyl groups is 1. The van der Waals surface area contributed by atoms with Crippen molar-refractivity contribution in [3.63, 3.8) is 0 Å². The average Bonchev–Trinajstić information content (AvgIpc) is 2.35. The molecule has 1 aromatic carbocycles. The molecule has 2 N–H and O–H groups in total. The molecule has 1 rings (SSSR count). The minimum Gasteiger partial charge on any atom is -0.386 e. The van der Waals surface area contributed by atoms with E-state index in [1.807, 2.05) is 19.1 Å². The van der Waals surface area contributed by atoms with Crippen LogP contribution < -0.4 is 5.32 Å². The predicted octanol–water partition coefficient (Wildman–Crippen LogP) is 2.11. The van der Waals surface area contributed by atoms with Gasteiger partial charge in [0.15, 0.2) is 0 Å². The number of aliphatic hydroxyl groups excluding tert-OH is 1. The highest BCUT2D eigenvalue weighted by atomic mass is 35.5. The lowest BCUT2D eigenvalue weighted by Gasteiger charge is -2.22. The predicted molar refractivity (Wildman–Crippen MR) is 69.4 cm³/mol. The van der Waals surface area contributed by atoms with Crippen molar-refractivity contribution >= 4 is 17.5 Å². The Bertz CT molecular complexity index is 394. The van der Waals surface area contributed by atoms with Crippen molar-refractivity contribution < 1.29 is 14.3 Å². The summed E-state index contributed by atoms with van der Waals surface area (Å²) in [5.74, 6) is -0.495. The van der Waals surface area contributed by atoms with Crippen LogP contribution >= 0.6 is 11.6 Å². The number of hydrogen-bond donors (Lipinski definition) is 2. The molecule has 0 bridgehead atoms. The van der Waals surface area contributed by atoms with Gasteiger partial charge < -0.3 is 10.4 Å². The van der Waals surface area contributed by atoms with Crippen LogP contribution in [0.15, 0.2) is 24.3 Å². The number of nitrogens with one attached hydrogen (secondary N) is 1. The highest BCUT2D eigenvalue weighted by Gasteiger charge is 2.24. The van der Waals surface area contributed by atoms with Gasteiger partial charge in [-0.25, -0.2) is 4.39 Å². The maximum absolute atomic E-state index is 12.9. The minimum atomic E-state index is -1.09. The Morgan fingerprint density at radius 1 is 1.44 bits per heavy atom. The molecule has 0 aliphatic rings. The molecule has 3 atom stereocenters. The number of carbonyl (C=O) groups is 1. The molecule has 100 valence electrons. The van der Waals surface area contributed by atoms with Crippen molar-refractivity contribution in [2.24, 2.45) is 0 Å². The van der Waals surface area contributed by atoms with Crippen LogP contribution in [0.5, 0.6) is 0 Å². The van der Waals surface area contributed by atoms with E-state index < -0.39 is 30.1 Å². The second kappa shape index (κ2) is 6.71. The summed E-state index contributed by atoms with van der Waals surface area (Å²) in [5, 5.41) is 11.6. The molecule has 1 aromatic rings. The number of halogens is 2. The van der Waals surface area contributed by atoms with E-state index in [9.17, 15) is 14.3 Å². The van der Waals surface area contributed by atoms with Crippen LogP contribution in [0.1, 0.15) is 24.2 Å². The lowest BCUT2D eigenvalue weighted by molar-refractivity contribution is -0.122. The first kappa shape index (κ1) is 14.9. The first-order valence-electron chi connectivity index (χ1n) is 5.70. The van der Waals surface area contributed by atoms with E-state index in [1.54, 1.807) is 12.1 Å². The quantitative estimate of drug-likeness (QED) is 0.808. The molecule has 0 fully saturated rings. The molecule has 0 saturated heterocycles. The minimum absolute atomic E-state index is 0.495. The van der Waals surface area contributed by atoms with Crippen molar-refractivity contribution in [1.29, 1.82) is 0 Å². The molecule has 5 heteroatoms. The van der Waals surface area contributed by atoms with Gasteiger partial charge >= 0.3 is 0 Å². The third kappa shape index (κ3) is 3.96. The van der Waals surface area contributed by atoms with E-state index in [4.69, 9.17) is 11.6 Å². The van der Waals surface area contributed by atoms with Gasteiger partial charge in [-0.2, -0.15) is 0 Å². The zero-order chi connectivity index (χ0) is 13.7. The number of rotatable bonds is 5. The lowest BCUT2D eigenvalue weighted by atomic mass is 10.0. The van der Waals surface area contributed by atoms with E-state index in [0.717, 1.165) is 5.56 Å². The molecule has 3 nitrogen and oxygen atoms in total. The summed E-state index contributed by atoms with van der Waals surface area (Å²) >= 11 is 5.58. The maximum Gasteiger partial charge on any atom is 0.238 e. The molecule has 0 aromatic heterocycles. The van der Waals surface area contributed by atoms with Crippen molar-refractivity contribution in [3.8, 4) is 0 Å². The van der Waals surface area contributed by atoms with Crippen molar-refractivity contribution in [1.82, 2.24) is 5.32 Å². The summed E-state index contributed by atoms with van der Waals surface area (Å²) in [4.78, 5) is 11.4. The summed E-state index contributed by atoms with van der Waals surface area (Å²) < 4.78 is 12.9. The van der Waals surface area contributed by atoms with E-state index in [2.05, 4.69) is 5.32 Å². The fraction of sp³-hybridized carbons (Fsp3) is 0.462. The largest absolute Gasteiger partial charge is 0.386 e. The number of benzene rings is 1. The molecule has 0 aliphatic carbocycles. The fourth-order valence-electron chi connectivity index (χ4n) is 1.50. The van der Waals surface area contributed by atoms with Crippen LogP contribution in [0.25, 0.3) is 0 Å². The molecule has 0 radical (unpaired) electrons. The number of hydrogen-bond acceptors (Lipinski definition) is 2. The van der Waals surface area contributed by atoms with Crippen LogP contribution in [0, 0.1) is 6.92 Å². The molecule has 0 aliphatic heterocycles. The number of amides is 1. The van der Waals surface area contributed by atoms with Crippen molar-refractivity contribution in [2.45, 2.75) is 31.4 Å². The standard InChI is InChI=1S/C13H17ClFNO2/c1-8-3-5-10(6-4-8)12(17)11(7-15)16-13(18)9(2)14/h3-6,9,11-12,17H,7H2,1-2H3,(H,16,18)/t9?,11-,12-/m1/s1. The van der Waals surface area contributed by atoms with E-state index in [-0.39, 0.29) is 0 Å². The first-order valence-corrected chi connectivity index (χ1v) is 6.14. The molecule has 1 amide bonds. The normalized spacial score (nSPS) is 15.8. The van der Waals surface area contributed by atoms with Crippen LogP contribution in [0.2, 0.25) is 0 Å². The summed E-state index contributed by atoms with van der Waals surface area (Å²) in [5.41, 5.74) is 1.60. The molecule has 0 saturated carbocycles. The van der Waals surface area contributed by atoms with E-state index >= 15 is 0 Å². The maximum atomic E-state index is 12.9. The Balaban J connectivity index is 2.75. The SMILES string of the molecule is Cc1ccc([C@@H](O)[C@@H](CF)NC(=O)C(C)Cl)cc1. The van der Waals surface area contributed by atoms with Gasteiger partial charge in [0.1, 0.15) is 18.2 Å². The Morgan fingerprint density at radius 2 is 2.00 bits per heavy atom. The number of aryl methyl sites for hydroxylation is 1. The van der Waals surface area contributed by atoms with Gasteiger partial charge in [-0.05, 0) is 19.4 Å². The molecule has 18 heavy (non-hydrogen) atoms. The van der Waals surface area contributed by atoms with Gasteiger partial charge in [-0.3, -0.25) is 4.79 Å². The molecular weight excluding hydrogens is 257 g/mol.